The lowest BCUT2D eigenvalue weighted by atomic mass is 9.92. The Bertz CT molecular complexity index is 410. The molecular formula is C11H15ClN2O2S. The number of rotatable bonds is 3. The highest BCUT2D eigenvalue weighted by Crippen LogP contribution is 2.26. The summed E-state index contributed by atoms with van der Waals surface area (Å²) in [6.45, 7) is 3.66. The maximum absolute atomic E-state index is 10.9. The Labute approximate surface area is 109 Å². The lowest BCUT2D eigenvalue weighted by molar-refractivity contribution is -0.144. The first-order chi connectivity index (χ1) is 8.06. The molecule has 2 heterocycles. The van der Waals surface area contributed by atoms with Crippen LogP contribution in [0.5, 0.6) is 0 Å². The summed E-state index contributed by atoms with van der Waals surface area (Å²) in [7, 11) is 0. The third-order valence-electron chi connectivity index (χ3n) is 3.23. The van der Waals surface area contributed by atoms with Crippen LogP contribution in [0.2, 0.25) is 4.34 Å². The van der Waals surface area contributed by atoms with Gasteiger partial charge in [-0.25, -0.2) is 4.98 Å². The molecular weight excluding hydrogens is 260 g/mol. The highest BCUT2D eigenvalue weighted by atomic mass is 35.5. The molecule has 2 rings (SSSR count). The van der Waals surface area contributed by atoms with Gasteiger partial charge in [0.1, 0.15) is 9.34 Å². The number of aliphatic carboxylic acids is 1. The quantitative estimate of drug-likeness (QED) is 0.920. The number of thiazole rings is 1. The Morgan fingerprint density at radius 3 is 3.06 bits per heavy atom. The van der Waals surface area contributed by atoms with Gasteiger partial charge in [-0.3, -0.25) is 9.69 Å². The highest BCUT2D eigenvalue weighted by molar-refractivity contribution is 7.15. The van der Waals surface area contributed by atoms with Crippen LogP contribution in [0.15, 0.2) is 6.20 Å². The van der Waals surface area contributed by atoms with Gasteiger partial charge in [-0.1, -0.05) is 11.6 Å². The zero-order valence-corrected chi connectivity index (χ0v) is 11.2. The lowest BCUT2D eigenvalue weighted by Crippen LogP contribution is -2.42. The molecule has 6 heteroatoms. The van der Waals surface area contributed by atoms with Gasteiger partial charge in [0.05, 0.1) is 18.7 Å². The van der Waals surface area contributed by atoms with Crippen LogP contribution < -0.4 is 0 Å². The second kappa shape index (κ2) is 5.33. The summed E-state index contributed by atoms with van der Waals surface area (Å²) in [6, 6.07) is 0.285. The van der Waals surface area contributed by atoms with Crippen molar-refractivity contribution in [1.82, 2.24) is 9.88 Å². The Hall–Kier alpha value is -0.650. The number of nitrogens with zero attached hydrogens (tertiary/aromatic N) is 2. The van der Waals surface area contributed by atoms with Crippen molar-refractivity contribution in [3.8, 4) is 0 Å². The molecule has 1 fully saturated rings. The van der Waals surface area contributed by atoms with E-state index in [1.54, 1.807) is 6.20 Å². The van der Waals surface area contributed by atoms with Crippen molar-refractivity contribution in [2.45, 2.75) is 32.4 Å². The number of piperidine rings is 1. The number of carboxylic acid groups (broad SMARTS) is 1. The summed E-state index contributed by atoms with van der Waals surface area (Å²) < 4.78 is 0.702. The van der Waals surface area contributed by atoms with E-state index < -0.39 is 5.97 Å². The number of hydrogen-bond acceptors (Lipinski definition) is 4. The maximum atomic E-state index is 10.9. The topological polar surface area (TPSA) is 53.4 Å². The van der Waals surface area contributed by atoms with Gasteiger partial charge in [0.2, 0.25) is 0 Å². The molecule has 1 aliphatic heterocycles. The molecule has 1 saturated heterocycles. The first kappa shape index (κ1) is 12.8. The molecule has 0 radical (unpaired) electrons. The van der Waals surface area contributed by atoms with E-state index in [4.69, 9.17) is 16.7 Å². The summed E-state index contributed by atoms with van der Waals surface area (Å²) in [5.41, 5.74) is 0. The highest BCUT2D eigenvalue weighted by Gasteiger charge is 2.29. The van der Waals surface area contributed by atoms with Gasteiger partial charge in [0.25, 0.3) is 0 Å². The smallest absolute Gasteiger partial charge is 0.306 e. The van der Waals surface area contributed by atoms with Crippen LogP contribution in [0.4, 0.5) is 0 Å². The Kier molecular flexibility index (Phi) is 4.01. The number of halogens is 1. The van der Waals surface area contributed by atoms with Crippen LogP contribution in [0.3, 0.4) is 0 Å². The number of likely N-dealkylation sites (tertiary alicyclic amines) is 1. The fourth-order valence-corrected chi connectivity index (χ4v) is 3.20. The minimum Gasteiger partial charge on any atom is -0.481 e. The van der Waals surface area contributed by atoms with E-state index in [1.165, 1.54) is 11.3 Å². The predicted molar refractivity (Wildman–Crippen MR) is 67.4 cm³/mol. The third kappa shape index (κ3) is 3.18. The Balaban J connectivity index is 1.93. The van der Waals surface area contributed by atoms with Crippen LogP contribution in [0.25, 0.3) is 0 Å². The van der Waals surface area contributed by atoms with Crippen LogP contribution in [-0.4, -0.2) is 33.5 Å². The molecule has 0 saturated carbocycles. The normalized spacial score (nSPS) is 26.0. The van der Waals surface area contributed by atoms with E-state index in [-0.39, 0.29) is 12.0 Å². The van der Waals surface area contributed by atoms with E-state index in [1.807, 2.05) is 0 Å². The Morgan fingerprint density at radius 1 is 1.76 bits per heavy atom. The van der Waals surface area contributed by atoms with E-state index in [0.29, 0.717) is 10.8 Å². The van der Waals surface area contributed by atoms with Crippen molar-refractivity contribution < 1.29 is 9.90 Å². The van der Waals surface area contributed by atoms with Crippen LogP contribution in [0.1, 0.15) is 24.8 Å². The molecule has 1 aliphatic rings. The standard InChI is InChI=1S/C11H15ClN2O2S/c1-7-4-8(11(15)16)2-3-14(7)6-10-13-5-9(12)17-10/h5,7-8H,2-4,6H2,1H3,(H,15,16). The number of hydrogen-bond donors (Lipinski definition) is 1. The SMILES string of the molecule is CC1CC(C(=O)O)CCN1Cc1ncc(Cl)s1. The van der Waals surface area contributed by atoms with Gasteiger partial charge in [0, 0.05) is 6.04 Å². The second-order valence-electron chi connectivity index (χ2n) is 4.44. The van der Waals surface area contributed by atoms with Crippen molar-refractivity contribution in [3.05, 3.63) is 15.5 Å². The van der Waals surface area contributed by atoms with E-state index >= 15 is 0 Å². The first-order valence-electron chi connectivity index (χ1n) is 5.63. The molecule has 94 valence electrons. The molecule has 0 spiro atoms. The molecule has 17 heavy (non-hydrogen) atoms. The largest absolute Gasteiger partial charge is 0.481 e. The van der Waals surface area contributed by atoms with Crippen LogP contribution in [-0.2, 0) is 11.3 Å². The van der Waals surface area contributed by atoms with Gasteiger partial charge >= 0.3 is 5.97 Å². The summed E-state index contributed by atoms with van der Waals surface area (Å²) in [5.74, 6) is -0.866. The zero-order chi connectivity index (χ0) is 12.4. The van der Waals surface area contributed by atoms with Gasteiger partial charge in [-0.15, -0.1) is 11.3 Å². The molecule has 1 aromatic heterocycles. The summed E-state index contributed by atoms with van der Waals surface area (Å²) in [5, 5.41) is 9.99. The van der Waals surface area contributed by atoms with E-state index in [2.05, 4.69) is 16.8 Å². The first-order valence-corrected chi connectivity index (χ1v) is 6.82. The molecule has 0 aromatic carbocycles. The molecule has 0 bridgehead atoms. The fourth-order valence-electron chi connectivity index (χ4n) is 2.21. The van der Waals surface area contributed by atoms with Crippen LogP contribution >= 0.6 is 22.9 Å². The summed E-state index contributed by atoms with van der Waals surface area (Å²) in [4.78, 5) is 17.4. The minimum absolute atomic E-state index is 0.193. The molecule has 4 nitrogen and oxygen atoms in total. The van der Waals surface area contributed by atoms with Crippen molar-refractivity contribution in [3.63, 3.8) is 0 Å². The molecule has 1 aromatic rings. The van der Waals surface area contributed by atoms with Crippen molar-refractivity contribution >= 4 is 28.9 Å². The van der Waals surface area contributed by atoms with Crippen molar-refractivity contribution in [1.29, 1.82) is 0 Å². The predicted octanol–water partition coefficient (Wildman–Crippen LogP) is 2.48. The molecule has 2 unspecified atom stereocenters. The lowest BCUT2D eigenvalue weighted by Gasteiger charge is -2.35. The second-order valence-corrected chi connectivity index (χ2v) is 6.18. The molecule has 0 amide bonds. The summed E-state index contributed by atoms with van der Waals surface area (Å²) in [6.07, 6.45) is 3.10. The van der Waals surface area contributed by atoms with Gasteiger partial charge in [-0.2, -0.15) is 0 Å². The maximum Gasteiger partial charge on any atom is 0.306 e. The average Bonchev–Trinajstić information content (AvgIpc) is 2.67. The van der Waals surface area contributed by atoms with Gasteiger partial charge < -0.3 is 5.11 Å². The summed E-state index contributed by atoms with van der Waals surface area (Å²) >= 11 is 7.33. The fraction of sp³-hybridized carbons (Fsp3) is 0.636. The number of carbonyl (C=O) groups is 1. The zero-order valence-electron chi connectivity index (χ0n) is 9.60. The van der Waals surface area contributed by atoms with E-state index in [9.17, 15) is 4.79 Å². The van der Waals surface area contributed by atoms with Crippen LogP contribution in [0, 0.1) is 5.92 Å². The molecule has 2 atom stereocenters. The Morgan fingerprint density at radius 2 is 2.53 bits per heavy atom. The number of aromatic nitrogens is 1. The van der Waals surface area contributed by atoms with Crippen molar-refractivity contribution in [2.75, 3.05) is 6.54 Å². The molecule has 0 aliphatic carbocycles. The van der Waals surface area contributed by atoms with Crippen molar-refractivity contribution in [2.24, 2.45) is 5.92 Å². The van der Waals surface area contributed by atoms with Gasteiger partial charge in [0.15, 0.2) is 0 Å². The third-order valence-corrected chi connectivity index (χ3v) is 4.33. The number of carboxylic acids is 1. The minimum atomic E-state index is -0.672. The van der Waals surface area contributed by atoms with Gasteiger partial charge in [-0.05, 0) is 26.3 Å². The van der Waals surface area contributed by atoms with E-state index in [0.717, 1.165) is 24.5 Å². The average molecular weight is 275 g/mol. The monoisotopic (exact) mass is 274 g/mol. The molecule has 1 N–H and O–H groups in total.